The summed E-state index contributed by atoms with van der Waals surface area (Å²) in [5.41, 5.74) is 0. The second kappa shape index (κ2) is 58.8. The molecule has 3 atom stereocenters. The number of quaternary nitrogens is 1. The Hall–Kier alpha value is -1.80. The first-order valence-corrected chi connectivity index (χ1v) is 34.6. The lowest BCUT2D eigenvalue weighted by Gasteiger charge is -2.29. The van der Waals surface area contributed by atoms with Crippen LogP contribution in [-0.4, -0.2) is 68.5 Å². The van der Waals surface area contributed by atoms with Gasteiger partial charge in [0.2, 0.25) is 5.91 Å². The van der Waals surface area contributed by atoms with Gasteiger partial charge in [-0.2, -0.15) is 0 Å². The third kappa shape index (κ3) is 61.7. The van der Waals surface area contributed by atoms with Gasteiger partial charge in [0.1, 0.15) is 13.2 Å². The summed E-state index contributed by atoms with van der Waals surface area (Å²) in [6.45, 7) is 4.58. The Morgan fingerprint density at radius 3 is 1.16 bits per heavy atom. The molecule has 0 aromatic rings. The van der Waals surface area contributed by atoms with Crippen LogP contribution in [-0.2, 0) is 18.4 Å². The van der Waals surface area contributed by atoms with Gasteiger partial charge in [-0.25, -0.2) is 0 Å². The van der Waals surface area contributed by atoms with Gasteiger partial charge in [0.05, 0.1) is 39.9 Å². The first kappa shape index (κ1) is 75.2. The lowest BCUT2D eigenvalue weighted by atomic mass is 10.0. The Morgan fingerprint density at radius 2 is 0.792 bits per heavy atom. The van der Waals surface area contributed by atoms with Crippen LogP contribution in [0.5, 0.6) is 0 Å². The van der Waals surface area contributed by atoms with Crippen LogP contribution in [0.2, 0.25) is 0 Å². The number of likely N-dealkylation sites (N-methyl/N-ethyl adjacent to an activating group) is 1. The molecule has 0 saturated heterocycles. The summed E-state index contributed by atoms with van der Waals surface area (Å²) in [6, 6.07) is -0.888. The van der Waals surface area contributed by atoms with Crippen molar-refractivity contribution in [2.24, 2.45) is 0 Å². The second-order valence-corrected chi connectivity index (χ2v) is 25.2. The van der Waals surface area contributed by atoms with E-state index in [1.165, 1.54) is 231 Å². The maximum absolute atomic E-state index is 13.0. The van der Waals surface area contributed by atoms with E-state index in [-0.39, 0.29) is 19.1 Å². The Morgan fingerprint density at radius 1 is 0.468 bits per heavy atom. The van der Waals surface area contributed by atoms with Gasteiger partial charge in [-0.1, -0.05) is 312 Å². The summed E-state index contributed by atoms with van der Waals surface area (Å²) in [6.07, 6.45) is 80.4. The fourth-order valence-corrected chi connectivity index (χ4v) is 10.6. The molecule has 0 saturated carbocycles. The molecule has 0 spiro atoms. The van der Waals surface area contributed by atoms with Gasteiger partial charge in [-0.05, 0) is 57.8 Å². The Kier molecular flexibility index (Phi) is 57.5. The van der Waals surface area contributed by atoms with Crippen LogP contribution in [0.25, 0.3) is 0 Å². The van der Waals surface area contributed by atoms with Crippen molar-refractivity contribution in [1.82, 2.24) is 5.32 Å². The average Bonchev–Trinajstić information content (AvgIpc) is 3.39. The van der Waals surface area contributed by atoms with E-state index in [1.807, 2.05) is 27.2 Å². The Labute approximate surface area is 479 Å². The summed E-state index contributed by atoms with van der Waals surface area (Å²) < 4.78 is 23.4. The van der Waals surface area contributed by atoms with Crippen molar-refractivity contribution in [3.05, 3.63) is 60.8 Å². The van der Waals surface area contributed by atoms with Crippen LogP contribution in [0.3, 0.4) is 0 Å². The fraction of sp³-hybridized carbons (Fsp3) is 0.838. The van der Waals surface area contributed by atoms with E-state index in [0.717, 1.165) is 64.2 Å². The molecular weight excluding hydrogens is 972 g/mol. The first-order valence-electron chi connectivity index (χ1n) is 33.2. The number of hydrogen-bond acceptors (Lipinski definition) is 6. The molecule has 3 unspecified atom stereocenters. The molecule has 0 rings (SSSR count). The molecule has 0 radical (unpaired) electrons. The van der Waals surface area contributed by atoms with Crippen LogP contribution in [0, 0.1) is 0 Å². The molecule has 0 aliphatic carbocycles. The monoisotopic (exact) mass is 1100 g/mol. The van der Waals surface area contributed by atoms with Crippen LogP contribution in [0.1, 0.15) is 316 Å². The highest BCUT2D eigenvalue weighted by atomic mass is 31.2. The second-order valence-electron chi connectivity index (χ2n) is 23.8. The zero-order chi connectivity index (χ0) is 56.3. The predicted molar refractivity (Wildman–Crippen MR) is 334 cm³/mol. The molecule has 2 N–H and O–H groups in total. The van der Waals surface area contributed by atoms with Gasteiger partial charge in [0.15, 0.2) is 0 Å². The molecule has 77 heavy (non-hydrogen) atoms. The molecule has 0 aliphatic heterocycles. The smallest absolute Gasteiger partial charge is 0.268 e. The molecule has 0 aliphatic rings. The summed E-state index contributed by atoms with van der Waals surface area (Å²) in [5.74, 6) is -0.193. The number of phosphoric ester groups is 1. The Bertz CT molecular complexity index is 1440. The van der Waals surface area contributed by atoms with Gasteiger partial charge in [-0.15, -0.1) is 0 Å². The van der Waals surface area contributed by atoms with Gasteiger partial charge in [0.25, 0.3) is 7.82 Å². The first-order chi connectivity index (χ1) is 37.5. The van der Waals surface area contributed by atoms with Crippen LogP contribution >= 0.6 is 7.82 Å². The zero-order valence-electron chi connectivity index (χ0n) is 51.7. The van der Waals surface area contributed by atoms with Gasteiger partial charge in [0, 0.05) is 6.42 Å². The van der Waals surface area contributed by atoms with Gasteiger partial charge in [-0.3, -0.25) is 9.36 Å². The molecular formula is C68H129N2O6P. The molecule has 0 aromatic carbocycles. The van der Waals surface area contributed by atoms with E-state index in [9.17, 15) is 19.4 Å². The molecule has 0 aromatic heterocycles. The minimum absolute atomic E-state index is 0.000593. The number of hydrogen-bond donors (Lipinski definition) is 2. The molecule has 452 valence electrons. The quantitative estimate of drug-likeness (QED) is 0.0272. The maximum Gasteiger partial charge on any atom is 0.268 e. The standard InChI is InChI=1S/C68H129N2O6P/c1-6-8-10-12-14-16-18-20-22-24-26-28-30-32-33-34-35-36-37-38-40-42-44-46-48-50-52-54-56-58-60-62-68(72)69-66(65-76-77(73,74)75-64-63-70(3,4)5)67(71)61-59-57-55-53-51-49-47-45-43-41-39-31-29-27-25-23-21-19-17-15-13-11-9-7-2/h8,10,14,16,20,22,26,28,59,61,66-67,71H,6-7,9,11-13,15,17-19,21,23-25,27,29-58,60,62-65H2,1-5H3,(H-,69,72,73,74)/b10-8-,16-14-,22-20-,28-26-,61-59+. The molecule has 9 heteroatoms. The molecule has 0 fully saturated rings. The minimum atomic E-state index is -4.60. The molecule has 0 heterocycles. The van der Waals surface area contributed by atoms with Crippen LogP contribution in [0.4, 0.5) is 0 Å². The molecule has 8 nitrogen and oxygen atoms in total. The number of allylic oxidation sites excluding steroid dienone is 9. The summed E-state index contributed by atoms with van der Waals surface area (Å²) in [5, 5.41) is 14.0. The summed E-state index contributed by atoms with van der Waals surface area (Å²) in [7, 11) is 1.27. The number of unbranched alkanes of at least 4 members (excludes halogenated alkanes) is 40. The largest absolute Gasteiger partial charge is 0.756 e. The summed E-state index contributed by atoms with van der Waals surface area (Å²) in [4.78, 5) is 25.6. The normalized spacial score (nSPS) is 14.1. The van der Waals surface area contributed by atoms with E-state index >= 15 is 0 Å². The highest BCUT2D eigenvalue weighted by Crippen LogP contribution is 2.38. The number of carbonyl (C=O) groups excluding carboxylic acids is 1. The predicted octanol–water partition coefficient (Wildman–Crippen LogP) is 20.2. The van der Waals surface area contributed by atoms with Crippen molar-refractivity contribution in [3.63, 3.8) is 0 Å². The fourth-order valence-electron chi connectivity index (χ4n) is 9.85. The number of amides is 1. The van der Waals surface area contributed by atoms with E-state index < -0.39 is 20.0 Å². The van der Waals surface area contributed by atoms with Crippen molar-refractivity contribution in [3.8, 4) is 0 Å². The van der Waals surface area contributed by atoms with E-state index in [2.05, 4.69) is 67.8 Å². The van der Waals surface area contributed by atoms with E-state index in [0.29, 0.717) is 17.4 Å². The molecule has 0 bridgehead atoms. The number of phosphoric acid groups is 1. The maximum atomic E-state index is 13.0. The number of rotatable bonds is 61. The van der Waals surface area contributed by atoms with Gasteiger partial charge < -0.3 is 28.8 Å². The lowest BCUT2D eigenvalue weighted by molar-refractivity contribution is -0.870. The van der Waals surface area contributed by atoms with E-state index in [1.54, 1.807) is 6.08 Å². The van der Waals surface area contributed by atoms with Crippen molar-refractivity contribution in [1.29, 1.82) is 0 Å². The van der Waals surface area contributed by atoms with Crippen molar-refractivity contribution in [2.75, 3.05) is 40.9 Å². The number of aliphatic hydroxyl groups is 1. The number of nitrogens with zero attached hydrogens (tertiary/aromatic N) is 1. The lowest BCUT2D eigenvalue weighted by Crippen LogP contribution is -2.45. The Balaban J connectivity index is 4.08. The minimum Gasteiger partial charge on any atom is -0.756 e. The third-order valence-electron chi connectivity index (χ3n) is 15.0. The summed E-state index contributed by atoms with van der Waals surface area (Å²) >= 11 is 0. The highest BCUT2D eigenvalue weighted by Gasteiger charge is 2.23. The molecule has 1 amide bonds. The van der Waals surface area contributed by atoms with Crippen LogP contribution in [0.15, 0.2) is 60.8 Å². The van der Waals surface area contributed by atoms with Crippen LogP contribution < -0.4 is 10.2 Å². The van der Waals surface area contributed by atoms with Crippen molar-refractivity contribution in [2.45, 2.75) is 328 Å². The van der Waals surface area contributed by atoms with Gasteiger partial charge >= 0.3 is 0 Å². The number of nitrogens with one attached hydrogen (secondary N) is 1. The topological polar surface area (TPSA) is 108 Å². The zero-order valence-corrected chi connectivity index (χ0v) is 52.6. The SMILES string of the molecule is CC/C=C\C/C=C\C/C=C\C/C=C\CCCCCCCCCCCCCCCCCCCCC(=O)NC(COP(=O)([O-])OCC[N+](C)(C)C)C(O)/C=C/CCCCCCCCCCCCCCCCCCCCCCCC. The number of aliphatic hydroxyl groups excluding tert-OH is 1. The van der Waals surface area contributed by atoms with Crippen molar-refractivity contribution < 1.29 is 32.9 Å². The third-order valence-corrected chi connectivity index (χ3v) is 15.9. The van der Waals surface area contributed by atoms with Crippen molar-refractivity contribution >= 4 is 13.7 Å². The van der Waals surface area contributed by atoms with E-state index in [4.69, 9.17) is 9.05 Å². The number of carbonyl (C=O) groups is 1. The highest BCUT2D eigenvalue weighted by molar-refractivity contribution is 7.45. The average molecular weight is 1100 g/mol.